The number of phenolic OH excluding ortho intramolecular Hbond substituents is 1. The Morgan fingerprint density at radius 1 is 1.16 bits per heavy atom. The molecule has 0 radical (unpaired) electrons. The van der Waals surface area contributed by atoms with Crippen molar-refractivity contribution in [2.24, 2.45) is 17.6 Å². The summed E-state index contributed by atoms with van der Waals surface area (Å²) in [6, 6.07) is 1.38. The van der Waals surface area contributed by atoms with Crippen LogP contribution < -0.4 is 11.1 Å². The molecule has 0 heterocycles. The van der Waals surface area contributed by atoms with Crippen LogP contribution in [-0.2, 0) is 19.1 Å². The molecule has 8 N–H and O–H groups in total. The third-order valence-electron chi connectivity index (χ3n) is 7.55. The van der Waals surface area contributed by atoms with Crippen LogP contribution in [0, 0.1) is 11.8 Å². The van der Waals surface area contributed by atoms with E-state index in [9.17, 15) is 44.7 Å². The van der Waals surface area contributed by atoms with Crippen LogP contribution in [0.15, 0.2) is 29.0 Å². The van der Waals surface area contributed by atoms with Crippen molar-refractivity contribution in [2.75, 3.05) is 26.5 Å². The van der Waals surface area contributed by atoms with Gasteiger partial charge in [0.2, 0.25) is 5.78 Å². The van der Waals surface area contributed by atoms with Gasteiger partial charge < -0.3 is 36.0 Å². The number of anilines is 1. The minimum absolute atomic E-state index is 0.154. The van der Waals surface area contributed by atoms with Crippen molar-refractivity contribution >= 4 is 35.0 Å². The summed E-state index contributed by atoms with van der Waals surface area (Å²) < 4.78 is 4.51. The maximum Gasteiger partial charge on any atom is 0.411 e. The van der Waals surface area contributed by atoms with Gasteiger partial charge in [0.25, 0.3) is 5.91 Å². The Hall–Kier alpha value is -3.94. The smallest absolute Gasteiger partial charge is 0.411 e. The van der Waals surface area contributed by atoms with E-state index in [2.05, 4.69) is 10.1 Å². The van der Waals surface area contributed by atoms with Gasteiger partial charge in [0.1, 0.15) is 22.8 Å². The number of carbonyl (C=O) groups is 4. The number of aliphatic hydroxyl groups excluding tert-OH is 3. The first-order chi connectivity index (χ1) is 17.2. The van der Waals surface area contributed by atoms with E-state index in [-0.39, 0.29) is 11.3 Å². The number of phenols is 1. The lowest BCUT2D eigenvalue weighted by atomic mass is 9.54. The molecule has 0 aliphatic heterocycles. The van der Waals surface area contributed by atoms with E-state index < -0.39 is 87.5 Å². The Labute approximate surface area is 210 Å². The molecule has 1 saturated carbocycles. The van der Waals surface area contributed by atoms with Crippen LogP contribution in [0.2, 0.25) is 0 Å². The Bertz CT molecular complexity index is 1320. The number of hydrogen-bond acceptors (Lipinski definition) is 11. The predicted molar refractivity (Wildman–Crippen MR) is 126 cm³/mol. The van der Waals surface area contributed by atoms with Crippen LogP contribution >= 0.6 is 0 Å². The van der Waals surface area contributed by atoms with Crippen LogP contribution in [-0.4, -0.2) is 93.0 Å². The second-order valence-electron chi connectivity index (χ2n) is 9.59. The summed E-state index contributed by atoms with van der Waals surface area (Å²) in [4.78, 5) is 52.0. The lowest BCUT2D eigenvalue weighted by Crippen LogP contribution is -2.70. The highest BCUT2D eigenvalue weighted by molar-refractivity contribution is 6.24. The third kappa shape index (κ3) is 3.35. The number of ether oxygens (including phenoxy) is 1. The van der Waals surface area contributed by atoms with Gasteiger partial charge in [0, 0.05) is 11.5 Å². The Morgan fingerprint density at radius 3 is 2.32 bits per heavy atom. The van der Waals surface area contributed by atoms with Gasteiger partial charge in [-0.05, 0) is 31.6 Å². The molecule has 1 fully saturated rings. The number of aromatic hydroxyl groups is 1. The molecule has 3 aliphatic rings. The van der Waals surface area contributed by atoms with Crippen LogP contribution in [0.1, 0.15) is 24.0 Å². The molecule has 0 bridgehead atoms. The summed E-state index contributed by atoms with van der Waals surface area (Å²) in [7, 11) is 3.96. The summed E-state index contributed by atoms with van der Waals surface area (Å²) in [5.74, 6) is -9.96. The van der Waals surface area contributed by atoms with Crippen molar-refractivity contribution < 1.29 is 49.4 Å². The van der Waals surface area contributed by atoms with Crippen molar-refractivity contribution in [3.05, 3.63) is 40.2 Å². The molecule has 37 heavy (non-hydrogen) atoms. The Morgan fingerprint density at radius 2 is 1.78 bits per heavy atom. The van der Waals surface area contributed by atoms with Crippen molar-refractivity contribution in [3.63, 3.8) is 0 Å². The van der Waals surface area contributed by atoms with E-state index in [4.69, 9.17) is 5.73 Å². The fourth-order valence-electron chi connectivity index (χ4n) is 5.88. The molecule has 6 atom stereocenters. The number of ketones is 2. The summed E-state index contributed by atoms with van der Waals surface area (Å²) in [5.41, 5.74) is 0.667. The molecular formula is C24H27N3O10. The lowest BCUT2D eigenvalue weighted by molar-refractivity contribution is -0.169. The fraction of sp³-hybridized carbons (Fsp3) is 0.417. The van der Waals surface area contributed by atoms with Crippen LogP contribution in [0.5, 0.6) is 5.75 Å². The zero-order valence-corrected chi connectivity index (χ0v) is 20.3. The topological polar surface area (TPSA) is 220 Å². The number of primary amides is 1. The number of nitrogens with one attached hydrogen (secondary N) is 1. The van der Waals surface area contributed by atoms with Crippen LogP contribution in [0.4, 0.5) is 10.5 Å². The second kappa shape index (κ2) is 8.57. The van der Waals surface area contributed by atoms with Gasteiger partial charge >= 0.3 is 6.09 Å². The molecule has 13 nitrogen and oxygen atoms in total. The number of benzene rings is 1. The first-order valence-electron chi connectivity index (χ1n) is 11.2. The van der Waals surface area contributed by atoms with E-state index in [1.807, 2.05) is 0 Å². The van der Waals surface area contributed by atoms with Crippen molar-refractivity contribution in [2.45, 2.75) is 30.6 Å². The Kier molecular flexibility index (Phi) is 6.06. The second-order valence-corrected chi connectivity index (χ2v) is 9.59. The highest BCUT2D eigenvalue weighted by Gasteiger charge is 2.68. The van der Waals surface area contributed by atoms with E-state index in [0.29, 0.717) is 5.56 Å². The molecule has 0 spiro atoms. The molecule has 4 rings (SSSR count). The lowest BCUT2D eigenvalue weighted by Gasteiger charge is -2.53. The standard InChI is InChI=1S/C24H27N3O10/c1-7-8-5-6-9(26-23(35)37-4)16(28)11(8)17(29)12-10(7)18(30)14-15(27(2)3)19(31)13(22(25)34)21(33)24(14,36)20(12)32/h5-7,10,14-15,18,28-30,33,36H,1-4H3,(H2,25,34)(H,26,35)/t7-,10?,14?,15-,18?,24-/m0/s1. The van der Waals surface area contributed by atoms with E-state index >= 15 is 0 Å². The number of methoxy groups -OCH3 is 1. The van der Waals surface area contributed by atoms with Gasteiger partial charge in [-0.3, -0.25) is 24.6 Å². The van der Waals surface area contributed by atoms with E-state index in [0.717, 1.165) is 7.11 Å². The maximum absolute atomic E-state index is 13.9. The first-order valence-corrected chi connectivity index (χ1v) is 11.2. The number of carbonyl (C=O) groups excluding carboxylic acids is 4. The number of fused-ring (bicyclic) bond motifs is 3. The molecule has 3 unspecified atom stereocenters. The minimum atomic E-state index is -3.00. The summed E-state index contributed by atoms with van der Waals surface area (Å²) >= 11 is 0. The quantitative estimate of drug-likeness (QED) is 0.203. The number of Topliss-reactive ketones (excluding diaryl/α,β-unsaturated/α-hetero) is 2. The average molecular weight is 517 g/mol. The molecule has 0 aromatic heterocycles. The van der Waals surface area contributed by atoms with Crippen molar-refractivity contribution in [1.82, 2.24) is 4.90 Å². The summed E-state index contributed by atoms with van der Waals surface area (Å²) in [6.45, 7) is 1.60. The zero-order valence-electron chi connectivity index (χ0n) is 20.3. The molecule has 13 heteroatoms. The number of nitrogens with two attached hydrogens (primary N) is 1. The first kappa shape index (κ1) is 26.1. The van der Waals surface area contributed by atoms with Gasteiger partial charge in [0.15, 0.2) is 11.4 Å². The Balaban J connectivity index is 2.01. The van der Waals surface area contributed by atoms with Crippen LogP contribution in [0.25, 0.3) is 5.76 Å². The predicted octanol–water partition coefficient (Wildman–Crippen LogP) is -0.326. The normalized spacial score (nSPS) is 31.1. The average Bonchev–Trinajstić information content (AvgIpc) is 2.82. The number of nitrogens with zero attached hydrogens (tertiary/aromatic N) is 1. The van der Waals surface area contributed by atoms with Crippen molar-refractivity contribution in [3.8, 4) is 5.75 Å². The maximum atomic E-state index is 13.9. The zero-order chi connectivity index (χ0) is 27.7. The molecule has 2 amide bonds. The van der Waals surface area contributed by atoms with E-state index in [1.54, 1.807) is 6.92 Å². The molecule has 1 aromatic carbocycles. The summed E-state index contributed by atoms with van der Waals surface area (Å²) in [6.07, 6.45) is -2.60. The molecular weight excluding hydrogens is 490 g/mol. The number of aliphatic hydroxyl groups is 4. The third-order valence-corrected chi connectivity index (χ3v) is 7.55. The van der Waals surface area contributed by atoms with Crippen molar-refractivity contribution in [1.29, 1.82) is 0 Å². The van der Waals surface area contributed by atoms with Gasteiger partial charge in [0.05, 0.1) is 36.4 Å². The molecule has 1 aromatic rings. The SMILES string of the molecule is COC(=O)Nc1ccc2c(c1O)C(O)=C1C(=O)[C@]3(O)C(O)=C(C(N)=O)C(=O)[C@@H](N(C)C)C3C(O)C1[C@H]2C. The van der Waals surface area contributed by atoms with E-state index in [1.165, 1.54) is 31.1 Å². The molecule has 3 aliphatic carbocycles. The summed E-state index contributed by atoms with van der Waals surface area (Å²) in [5, 5.41) is 58.4. The number of amides is 2. The number of rotatable bonds is 3. The molecule has 0 saturated heterocycles. The van der Waals surface area contributed by atoms with Gasteiger partial charge in [-0.1, -0.05) is 13.0 Å². The highest BCUT2D eigenvalue weighted by atomic mass is 16.5. The fourth-order valence-corrected chi connectivity index (χ4v) is 5.88. The highest BCUT2D eigenvalue weighted by Crippen LogP contribution is 2.56. The number of hydrogen-bond donors (Lipinski definition) is 7. The number of likely N-dealkylation sites (N-methyl/N-ethyl adjacent to an activating group) is 1. The minimum Gasteiger partial charge on any atom is -0.508 e. The van der Waals surface area contributed by atoms with Crippen LogP contribution in [0.3, 0.4) is 0 Å². The monoisotopic (exact) mass is 517 g/mol. The van der Waals surface area contributed by atoms with Gasteiger partial charge in [-0.25, -0.2) is 4.79 Å². The van der Waals surface area contributed by atoms with Gasteiger partial charge in [-0.15, -0.1) is 0 Å². The molecule has 198 valence electrons. The van der Waals surface area contributed by atoms with Gasteiger partial charge in [-0.2, -0.15) is 0 Å². The largest absolute Gasteiger partial charge is 0.508 e.